The van der Waals surface area contributed by atoms with Gasteiger partial charge >= 0.3 is 0 Å². The number of methoxy groups -OCH3 is 1. The molecule has 5 nitrogen and oxygen atoms in total. The highest BCUT2D eigenvalue weighted by atomic mass is 79.9. The Kier molecular flexibility index (Phi) is 4.06. The lowest BCUT2D eigenvalue weighted by atomic mass is 10.2. The molecular formula is C12H12BrN3O2S. The van der Waals surface area contributed by atoms with E-state index in [4.69, 9.17) is 10.5 Å². The van der Waals surface area contributed by atoms with Gasteiger partial charge in [0.05, 0.1) is 12.8 Å². The van der Waals surface area contributed by atoms with Crippen LogP contribution in [-0.2, 0) is 0 Å². The van der Waals surface area contributed by atoms with Crippen LogP contribution < -0.4 is 15.8 Å². The largest absolute Gasteiger partial charge is 0.495 e. The molecule has 0 saturated heterocycles. The number of rotatable bonds is 3. The number of nitrogens with one attached hydrogen (secondary N) is 1. The number of hydrogen-bond donors (Lipinski definition) is 2. The monoisotopic (exact) mass is 341 g/mol. The molecule has 0 saturated carbocycles. The zero-order valence-electron chi connectivity index (χ0n) is 10.4. The van der Waals surface area contributed by atoms with E-state index < -0.39 is 0 Å². The molecule has 0 bridgehead atoms. The van der Waals surface area contributed by atoms with Crippen LogP contribution in [0, 0.1) is 6.92 Å². The number of nitrogens with zero attached hydrogens (tertiary/aromatic N) is 1. The van der Waals surface area contributed by atoms with Gasteiger partial charge in [-0.15, -0.1) is 11.3 Å². The molecule has 0 aliphatic heterocycles. The Hall–Kier alpha value is -1.60. The van der Waals surface area contributed by atoms with Gasteiger partial charge in [0.2, 0.25) is 0 Å². The summed E-state index contributed by atoms with van der Waals surface area (Å²) >= 11 is 4.61. The zero-order valence-corrected chi connectivity index (χ0v) is 12.8. The van der Waals surface area contributed by atoms with Crippen LogP contribution >= 0.6 is 27.3 Å². The molecule has 0 atom stereocenters. The first-order chi connectivity index (χ1) is 9.01. The Bertz CT molecular complexity index is 627. The van der Waals surface area contributed by atoms with E-state index in [1.54, 1.807) is 18.6 Å². The maximum absolute atomic E-state index is 12.0. The molecule has 1 aromatic carbocycles. The van der Waals surface area contributed by atoms with Gasteiger partial charge in [-0.2, -0.15) is 0 Å². The Labute approximate surface area is 122 Å². The van der Waals surface area contributed by atoms with Crippen molar-refractivity contribution in [2.45, 2.75) is 6.92 Å². The van der Waals surface area contributed by atoms with Crippen molar-refractivity contribution in [1.82, 2.24) is 4.98 Å². The summed E-state index contributed by atoms with van der Waals surface area (Å²) in [4.78, 5) is 16.0. The first-order valence-corrected chi connectivity index (χ1v) is 7.05. The number of thiazole rings is 1. The van der Waals surface area contributed by atoms with Crippen LogP contribution in [0.2, 0.25) is 0 Å². The van der Waals surface area contributed by atoms with Gasteiger partial charge in [-0.3, -0.25) is 4.79 Å². The van der Waals surface area contributed by atoms with Crippen molar-refractivity contribution >= 4 is 44.0 Å². The predicted molar refractivity (Wildman–Crippen MR) is 79.9 cm³/mol. The fourth-order valence-corrected chi connectivity index (χ4v) is 2.70. The highest BCUT2D eigenvalue weighted by molar-refractivity contribution is 9.10. The lowest BCUT2D eigenvalue weighted by molar-refractivity contribution is 0.102. The Balaban J connectivity index is 2.31. The van der Waals surface area contributed by atoms with Crippen molar-refractivity contribution in [3.63, 3.8) is 0 Å². The van der Waals surface area contributed by atoms with Gasteiger partial charge in [-0.25, -0.2) is 4.98 Å². The molecule has 0 aliphatic rings. The van der Waals surface area contributed by atoms with Gasteiger partial charge in [0.15, 0.2) is 5.13 Å². The predicted octanol–water partition coefficient (Wildman–Crippen LogP) is 3.06. The van der Waals surface area contributed by atoms with E-state index in [9.17, 15) is 4.79 Å². The van der Waals surface area contributed by atoms with Crippen molar-refractivity contribution in [2.75, 3.05) is 18.2 Å². The number of anilines is 2. The number of benzene rings is 1. The molecule has 0 unspecified atom stereocenters. The number of carbonyl (C=O) groups excluding carboxylic acids is 1. The maximum atomic E-state index is 12.0. The van der Waals surface area contributed by atoms with Gasteiger partial charge in [-0.1, -0.05) is 15.9 Å². The second kappa shape index (κ2) is 5.58. The molecule has 7 heteroatoms. The molecule has 1 amide bonds. The Morgan fingerprint density at radius 3 is 2.84 bits per heavy atom. The number of aromatic nitrogens is 1. The van der Waals surface area contributed by atoms with E-state index in [0.717, 1.165) is 10.0 Å². The number of ether oxygens (including phenoxy) is 1. The summed E-state index contributed by atoms with van der Waals surface area (Å²) in [6.07, 6.45) is 0. The summed E-state index contributed by atoms with van der Waals surface area (Å²) in [6.45, 7) is 1.89. The van der Waals surface area contributed by atoms with Gasteiger partial charge in [-0.05, 0) is 24.6 Å². The third kappa shape index (κ3) is 3.05. The quantitative estimate of drug-likeness (QED) is 0.899. The molecule has 1 heterocycles. The zero-order chi connectivity index (χ0) is 14.0. The minimum absolute atomic E-state index is 0.298. The summed E-state index contributed by atoms with van der Waals surface area (Å²) in [6, 6.07) is 3.69. The number of carbonyl (C=O) groups is 1. The second-order valence-corrected chi connectivity index (χ2v) is 5.63. The number of hydrogen-bond acceptors (Lipinski definition) is 5. The highest BCUT2D eigenvalue weighted by Crippen LogP contribution is 2.32. The molecule has 0 radical (unpaired) electrons. The summed E-state index contributed by atoms with van der Waals surface area (Å²) in [5.41, 5.74) is 7.33. The lowest BCUT2D eigenvalue weighted by Gasteiger charge is -2.13. The summed E-state index contributed by atoms with van der Waals surface area (Å²) in [5, 5.41) is 4.77. The van der Waals surface area contributed by atoms with Gasteiger partial charge in [0.25, 0.3) is 5.91 Å². The maximum Gasteiger partial charge on any atom is 0.275 e. The summed E-state index contributed by atoms with van der Waals surface area (Å²) in [7, 11) is 1.55. The van der Waals surface area contributed by atoms with Crippen molar-refractivity contribution in [3.8, 4) is 5.75 Å². The first kappa shape index (κ1) is 13.8. The van der Waals surface area contributed by atoms with Crippen LogP contribution in [0.5, 0.6) is 5.75 Å². The third-order valence-corrected chi connectivity index (χ3v) is 3.61. The number of nitrogen functional groups attached to an aromatic ring is 1. The normalized spacial score (nSPS) is 10.3. The van der Waals surface area contributed by atoms with Crippen LogP contribution in [0.25, 0.3) is 0 Å². The van der Waals surface area contributed by atoms with Crippen LogP contribution in [0.15, 0.2) is 22.0 Å². The van der Waals surface area contributed by atoms with Gasteiger partial charge in [0.1, 0.15) is 11.4 Å². The van der Waals surface area contributed by atoms with Crippen molar-refractivity contribution in [3.05, 3.63) is 33.2 Å². The molecule has 0 aliphatic carbocycles. The number of halogens is 1. The van der Waals surface area contributed by atoms with Crippen LogP contribution in [0.1, 0.15) is 16.1 Å². The molecular weight excluding hydrogens is 330 g/mol. The van der Waals surface area contributed by atoms with E-state index in [0.29, 0.717) is 22.3 Å². The molecule has 2 rings (SSSR count). The average Bonchev–Trinajstić information content (AvgIpc) is 2.78. The summed E-state index contributed by atoms with van der Waals surface area (Å²) in [5.74, 6) is 0.278. The summed E-state index contributed by atoms with van der Waals surface area (Å²) < 4.78 is 6.15. The number of nitrogens with two attached hydrogens (primary N) is 1. The topological polar surface area (TPSA) is 77.2 Å². The highest BCUT2D eigenvalue weighted by Gasteiger charge is 2.15. The molecule has 100 valence electrons. The van der Waals surface area contributed by atoms with Crippen LogP contribution in [-0.4, -0.2) is 18.0 Å². The Morgan fingerprint density at radius 2 is 2.26 bits per heavy atom. The van der Waals surface area contributed by atoms with E-state index in [-0.39, 0.29) is 5.91 Å². The fourth-order valence-electron chi connectivity index (χ4n) is 1.60. The van der Waals surface area contributed by atoms with Crippen LogP contribution in [0.3, 0.4) is 0 Å². The van der Waals surface area contributed by atoms with Gasteiger partial charge < -0.3 is 15.8 Å². The van der Waals surface area contributed by atoms with Gasteiger partial charge in [0, 0.05) is 9.85 Å². The molecule has 1 aromatic heterocycles. The van der Waals surface area contributed by atoms with Crippen molar-refractivity contribution < 1.29 is 9.53 Å². The van der Waals surface area contributed by atoms with Crippen molar-refractivity contribution in [2.24, 2.45) is 0 Å². The molecule has 0 fully saturated rings. The van der Waals surface area contributed by atoms with E-state index in [2.05, 4.69) is 26.2 Å². The molecule has 2 aromatic rings. The number of amides is 1. The van der Waals surface area contributed by atoms with Crippen molar-refractivity contribution in [1.29, 1.82) is 0 Å². The second-order valence-electron chi connectivity index (χ2n) is 3.83. The SMILES string of the molecule is COc1cc(Br)cc(C)c1NC(=O)c1csc(N)n1. The molecule has 3 N–H and O–H groups in total. The first-order valence-electron chi connectivity index (χ1n) is 5.37. The third-order valence-electron chi connectivity index (χ3n) is 2.48. The fraction of sp³-hybridized carbons (Fsp3) is 0.167. The standard InChI is InChI=1S/C12H12BrN3O2S/c1-6-3-7(13)4-9(18-2)10(6)16-11(17)8-5-19-12(14)15-8/h3-5H,1-2H3,(H2,14,15)(H,16,17). The molecule has 0 spiro atoms. The minimum atomic E-state index is -0.309. The minimum Gasteiger partial charge on any atom is -0.495 e. The smallest absolute Gasteiger partial charge is 0.275 e. The Morgan fingerprint density at radius 1 is 1.53 bits per heavy atom. The molecule has 19 heavy (non-hydrogen) atoms. The van der Waals surface area contributed by atoms with E-state index in [1.165, 1.54) is 11.3 Å². The average molecular weight is 342 g/mol. The number of aryl methyl sites for hydroxylation is 1. The van der Waals surface area contributed by atoms with Crippen LogP contribution in [0.4, 0.5) is 10.8 Å². The van der Waals surface area contributed by atoms with E-state index >= 15 is 0 Å². The van der Waals surface area contributed by atoms with E-state index in [1.807, 2.05) is 13.0 Å². The lowest BCUT2D eigenvalue weighted by Crippen LogP contribution is -2.14.